The molecule has 0 spiro atoms. The maximum Gasteiger partial charge on any atom is 0.333 e. The largest absolute Gasteiger partial charge is 0.464 e. The summed E-state index contributed by atoms with van der Waals surface area (Å²) in [4.78, 5) is 12.2. The molecule has 0 aliphatic heterocycles. The third kappa shape index (κ3) is 3.60. The summed E-state index contributed by atoms with van der Waals surface area (Å²) < 4.78 is 18.7. The molecule has 4 heteroatoms. The quantitative estimate of drug-likeness (QED) is 0.849. The second-order valence-electron chi connectivity index (χ2n) is 4.65. The van der Waals surface area contributed by atoms with Crippen LogP contribution in [0.4, 0.5) is 10.1 Å². The van der Waals surface area contributed by atoms with Gasteiger partial charge in [0.25, 0.3) is 0 Å². The molecule has 0 aliphatic carbocycles. The van der Waals surface area contributed by atoms with Crippen molar-refractivity contribution in [3.63, 3.8) is 0 Å². The molecular weight excluding hydrogens is 269 g/mol. The highest BCUT2D eigenvalue weighted by Crippen LogP contribution is 2.24. The van der Waals surface area contributed by atoms with E-state index < -0.39 is 6.04 Å². The van der Waals surface area contributed by atoms with Gasteiger partial charge in [-0.15, -0.1) is 0 Å². The molecule has 0 fully saturated rings. The Morgan fingerprint density at radius 3 is 2.57 bits per heavy atom. The highest BCUT2D eigenvalue weighted by Gasteiger charge is 2.22. The maximum atomic E-state index is 13.6. The first-order valence-electron chi connectivity index (χ1n) is 6.86. The number of benzene rings is 2. The molecule has 0 aliphatic rings. The number of halogens is 1. The number of carbonyl (C=O) groups is 1. The Bertz CT molecular complexity index is 613. The van der Waals surface area contributed by atoms with Gasteiger partial charge in [0.05, 0.1) is 6.61 Å². The van der Waals surface area contributed by atoms with E-state index in [1.54, 1.807) is 26.0 Å². The van der Waals surface area contributed by atoms with E-state index in [0.29, 0.717) is 17.9 Å². The molecule has 2 aromatic rings. The van der Waals surface area contributed by atoms with E-state index in [1.807, 2.05) is 30.3 Å². The normalized spacial score (nSPS) is 11.8. The van der Waals surface area contributed by atoms with Crippen molar-refractivity contribution < 1.29 is 13.9 Å². The predicted octanol–water partition coefficient (Wildman–Crippen LogP) is 3.85. The van der Waals surface area contributed by atoms with Crippen LogP contribution in [0.15, 0.2) is 48.5 Å². The first kappa shape index (κ1) is 15.0. The molecule has 21 heavy (non-hydrogen) atoms. The van der Waals surface area contributed by atoms with Crippen LogP contribution < -0.4 is 5.32 Å². The Balaban J connectivity index is 2.32. The van der Waals surface area contributed by atoms with E-state index in [0.717, 1.165) is 5.56 Å². The van der Waals surface area contributed by atoms with Crippen molar-refractivity contribution in [2.45, 2.75) is 19.9 Å². The van der Waals surface area contributed by atoms with Crippen LogP contribution in [0.2, 0.25) is 0 Å². The standard InChI is InChI=1S/C17H18FNO2/c1-3-21-17(20)16(13-8-5-4-6-9-13)19-15-11-7-10-14(18)12(15)2/h4-11,16,19H,3H2,1-2H3. The van der Waals surface area contributed by atoms with Crippen molar-refractivity contribution in [1.29, 1.82) is 0 Å². The molecule has 3 nitrogen and oxygen atoms in total. The molecule has 2 rings (SSSR count). The Labute approximate surface area is 123 Å². The Morgan fingerprint density at radius 2 is 1.90 bits per heavy atom. The summed E-state index contributed by atoms with van der Waals surface area (Å²) in [5.74, 6) is -0.692. The molecule has 0 aromatic heterocycles. The zero-order valence-corrected chi connectivity index (χ0v) is 12.1. The SMILES string of the molecule is CCOC(=O)C(Nc1cccc(F)c1C)c1ccccc1. The lowest BCUT2D eigenvalue weighted by Crippen LogP contribution is -2.23. The summed E-state index contributed by atoms with van der Waals surface area (Å²) in [5, 5.41) is 3.07. The Hall–Kier alpha value is -2.36. The van der Waals surface area contributed by atoms with Crippen molar-refractivity contribution in [3.8, 4) is 0 Å². The summed E-state index contributed by atoms with van der Waals surface area (Å²) in [6.07, 6.45) is 0. The number of nitrogens with one attached hydrogen (secondary N) is 1. The third-order valence-corrected chi connectivity index (χ3v) is 3.22. The topological polar surface area (TPSA) is 38.3 Å². The summed E-state index contributed by atoms with van der Waals surface area (Å²) in [6.45, 7) is 3.73. The average Bonchev–Trinajstić information content (AvgIpc) is 2.50. The monoisotopic (exact) mass is 287 g/mol. The molecule has 1 unspecified atom stereocenters. The summed E-state index contributed by atoms with van der Waals surface area (Å²) in [7, 11) is 0. The van der Waals surface area contributed by atoms with Crippen molar-refractivity contribution >= 4 is 11.7 Å². The minimum atomic E-state index is -0.661. The average molecular weight is 287 g/mol. The van der Waals surface area contributed by atoms with Crippen LogP contribution >= 0.6 is 0 Å². The zero-order chi connectivity index (χ0) is 15.2. The van der Waals surface area contributed by atoms with Gasteiger partial charge in [0.15, 0.2) is 6.04 Å². The Kier molecular flexibility index (Phi) is 4.93. The van der Waals surface area contributed by atoms with Crippen LogP contribution in [-0.4, -0.2) is 12.6 Å². The Morgan fingerprint density at radius 1 is 1.19 bits per heavy atom. The van der Waals surface area contributed by atoms with E-state index in [9.17, 15) is 9.18 Å². The smallest absolute Gasteiger partial charge is 0.333 e. The van der Waals surface area contributed by atoms with Gasteiger partial charge in [-0.1, -0.05) is 36.4 Å². The minimum absolute atomic E-state index is 0.298. The van der Waals surface area contributed by atoms with E-state index in [2.05, 4.69) is 5.32 Å². The minimum Gasteiger partial charge on any atom is -0.464 e. The summed E-state index contributed by atoms with van der Waals surface area (Å²) >= 11 is 0. The molecule has 110 valence electrons. The summed E-state index contributed by atoms with van der Waals surface area (Å²) in [6, 6.07) is 13.3. The van der Waals surface area contributed by atoms with Crippen molar-refractivity contribution in [2.75, 3.05) is 11.9 Å². The van der Waals surface area contributed by atoms with Gasteiger partial charge in [-0.3, -0.25) is 0 Å². The van der Waals surface area contributed by atoms with E-state index >= 15 is 0 Å². The van der Waals surface area contributed by atoms with Crippen LogP contribution in [0.5, 0.6) is 0 Å². The number of rotatable bonds is 5. The van der Waals surface area contributed by atoms with Crippen molar-refractivity contribution in [2.24, 2.45) is 0 Å². The van der Waals surface area contributed by atoms with Gasteiger partial charge in [-0.05, 0) is 31.5 Å². The first-order chi connectivity index (χ1) is 10.1. The van der Waals surface area contributed by atoms with Crippen LogP contribution in [0.1, 0.15) is 24.1 Å². The van der Waals surface area contributed by atoms with Gasteiger partial charge in [-0.25, -0.2) is 9.18 Å². The number of carbonyl (C=O) groups excluding carboxylic acids is 1. The fourth-order valence-electron chi connectivity index (χ4n) is 2.07. The molecule has 0 amide bonds. The fraction of sp³-hybridized carbons (Fsp3) is 0.235. The van der Waals surface area contributed by atoms with E-state index in [-0.39, 0.29) is 11.8 Å². The van der Waals surface area contributed by atoms with Gasteiger partial charge in [0, 0.05) is 11.3 Å². The van der Waals surface area contributed by atoms with Crippen LogP contribution in [0.3, 0.4) is 0 Å². The molecule has 0 radical (unpaired) electrons. The van der Waals surface area contributed by atoms with E-state index in [1.165, 1.54) is 6.07 Å². The molecular formula is C17H18FNO2. The number of hydrogen-bond acceptors (Lipinski definition) is 3. The lowest BCUT2D eigenvalue weighted by atomic mass is 10.1. The predicted molar refractivity (Wildman–Crippen MR) is 80.6 cm³/mol. The molecule has 1 atom stereocenters. The molecule has 1 N–H and O–H groups in total. The highest BCUT2D eigenvalue weighted by molar-refractivity contribution is 5.81. The number of hydrogen-bond donors (Lipinski definition) is 1. The summed E-state index contributed by atoms with van der Waals surface area (Å²) in [5.41, 5.74) is 1.83. The second kappa shape index (κ2) is 6.88. The number of ether oxygens (including phenoxy) is 1. The molecule has 2 aromatic carbocycles. The van der Waals surface area contributed by atoms with Crippen LogP contribution in [0, 0.1) is 12.7 Å². The van der Waals surface area contributed by atoms with Gasteiger partial charge < -0.3 is 10.1 Å². The van der Waals surface area contributed by atoms with Crippen molar-refractivity contribution in [1.82, 2.24) is 0 Å². The van der Waals surface area contributed by atoms with Gasteiger partial charge >= 0.3 is 5.97 Å². The van der Waals surface area contributed by atoms with E-state index in [4.69, 9.17) is 4.74 Å². The number of esters is 1. The first-order valence-corrected chi connectivity index (χ1v) is 6.86. The van der Waals surface area contributed by atoms with Gasteiger partial charge in [0.1, 0.15) is 5.82 Å². The highest BCUT2D eigenvalue weighted by atomic mass is 19.1. The van der Waals surface area contributed by atoms with Gasteiger partial charge in [0.2, 0.25) is 0 Å². The molecule has 0 saturated carbocycles. The fourth-order valence-corrected chi connectivity index (χ4v) is 2.07. The molecule has 0 bridgehead atoms. The van der Waals surface area contributed by atoms with Gasteiger partial charge in [-0.2, -0.15) is 0 Å². The second-order valence-corrected chi connectivity index (χ2v) is 4.65. The molecule has 0 heterocycles. The van der Waals surface area contributed by atoms with Crippen molar-refractivity contribution in [3.05, 3.63) is 65.5 Å². The maximum absolute atomic E-state index is 13.6. The number of anilines is 1. The zero-order valence-electron chi connectivity index (χ0n) is 12.1. The van der Waals surface area contributed by atoms with Crippen LogP contribution in [0.25, 0.3) is 0 Å². The third-order valence-electron chi connectivity index (χ3n) is 3.22. The van der Waals surface area contributed by atoms with Crippen LogP contribution in [-0.2, 0) is 9.53 Å². The lowest BCUT2D eigenvalue weighted by Gasteiger charge is -2.20. The molecule has 0 saturated heterocycles. The lowest BCUT2D eigenvalue weighted by molar-refractivity contribution is -0.144.